The summed E-state index contributed by atoms with van der Waals surface area (Å²) >= 11 is 0. The summed E-state index contributed by atoms with van der Waals surface area (Å²) < 4.78 is 5.87. The zero-order chi connectivity index (χ0) is 10.3. The molecule has 15 heavy (non-hydrogen) atoms. The summed E-state index contributed by atoms with van der Waals surface area (Å²) in [5.74, 6) is 0. The molecule has 1 heterocycles. The van der Waals surface area contributed by atoms with Crippen molar-refractivity contribution < 1.29 is 4.42 Å². The Balaban J connectivity index is 2.53. The van der Waals surface area contributed by atoms with Gasteiger partial charge in [0.15, 0.2) is 0 Å². The fourth-order valence-electron chi connectivity index (χ4n) is 2.08. The third-order valence-corrected chi connectivity index (χ3v) is 2.87. The van der Waals surface area contributed by atoms with Crippen LogP contribution in [0.2, 0.25) is 0 Å². The molecule has 1 nitrogen and oxygen atoms in total. The number of benzene rings is 2. The molecule has 0 N–H and O–H groups in total. The highest BCUT2D eigenvalue weighted by atomic mass is 16.3. The van der Waals surface area contributed by atoms with Gasteiger partial charge in [-0.25, -0.2) is 0 Å². The summed E-state index contributed by atoms with van der Waals surface area (Å²) in [6.45, 7) is 2.15. The first kappa shape index (κ1) is 8.54. The van der Waals surface area contributed by atoms with Crippen LogP contribution in [0.4, 0.5) is 0 Å². The molecule has 0 amide bonds. The lowest BCUT2D eigenvalue weighted by atomic mass is 10.1. The van der Waals surface area contributed by atoms with Crippen LogP contribution in [-0.4, -0.2) is 0 Å². The minimum atomic E-state index is 0.980. The molecule has 3 rings (SSSR count). The van der Waals surface area contributed by atoms with E-state index >= 15 is 0 Å². The van der Waals surface area contributed by atoms with E-state index in [1.54, 1.807) is 0 Å². The van der Waals surface area contributed by atoms with E-state index in [0.29, 0.717) is 0 Å². The van der Waals surface area contributed by atoms with Crippen LogP contribution in [0.3, 0.4) is 0 Å². The number of aryl methyl sites for hydroxylation is 1. The summed E-state index contributed by atoms with van der Waals surface area (Å²) in [4.78, 5) is 0. The Labute approximate surface area is 88.3 Å². The second-order valence-electron chi connectivity index (χ2n) is 3.75. The monoisotopic (exact) mass is 196 g/mol. The molecule has 0 saturated heterocycles. The zero-order valence-electron chi connectivity index (χ0n) is 8.66. The molecule has 0 aliphatic carbocycles. The van der Waals surface area contributed by atoms with Crippen molar-refractivity contribution in [2.75, 3.05) is 0 Å². The standard InChI is InChI=1S/C14H12O/c1-2-10-6-5-8-12-11-7-3-4-9-13(11)15-14(10)12/h3-9H,2H2,1H3. The SMILES string of the molecule is CCc1cccc2c1oc1ccccc12. The predicted molar refractivity (Wildman–Crippen MR) is 63.1 cm³/mol. The molecule has 2 aromatic carbocycles. The Hall–Kier alpha value is -1.76. The molecule has 0 spiro atoms. The van der Waals surface area contributed by atoms with E-state index in [9.17, 15) is 0 Å². The van der Waals surface area contributed by atoms with Crippen LogP contribution in [0.1, 0.15) is 12.5 Å². The van der Waals surface area contributed by atoms with Crippen LogP contribution in [0.5, 0.6) is 0 Å². The molecular formula is C14H12O. The summed E-state index contributed by atoms with van der Waals surface area (Å²) in [5.41, 5.74) is 3.30. The van der Waals surface area contributed by atoms with Crippen molar-refractivity contribution in [1.29, 1.82) is 0 Å². The summed E-state index contributed by atoms with van der Waals surface area (Å²) in [7, 11) is 0. The topological polar surface area (TPSA) is 13.1 Å². The molecule has 0 radical (unpaired) electrons. The van der Waals surface area contributed by atoms with Gasteiger partial charge in [0, 0.05) is 10.8 Å². The first-order valence-electron chi connectivity index (χ1n) is 5.29. The highest BCUT2D eigenvalue weighted by Gasteiger charge is 2.07. The van der Waals surface area contributed by atoms with Gasteiger partial charge >= 0.3 is 0 Å². The van der Waals surface area contributed by atoms with Gasteiger partial charge in [0.1, 0.15) is 11.2 Å². The number of fused-ring (bicyclic) bond motifs is 3. The third-order valence-electron chi connectivity index (χ3n) is 2.87. The quantitative estimate of drug-likeness (QED) is 0.570. The van der Waals surface area contributed by atoms with Gasteiger partial charge < -0.3 is 4.42 Å². The molecule has 0 aliphatic heterocycles. The van der Waals surface area contributed by atoms with Gasteiger partial charge in [-0.2, -0.15) is 0 Å². The van der Waals surface area contributed by atoms with Gasteiger partial charge in [0.05, 0.1) is 0 Å². The molecular weight excluding hydrogens is 184 g/mol. The maximum atomic E-state index is 5.87. The van der Waals surface area contributed by atoms with E-state index in [4.69, 9.17) is 4.42 Å². The lowest BCUT2D eigenvalue weighted by molar-refractivity contribution is 0.663. The Morgan fingerprint density at radius 2 is 1.73 bits per heavy atom. The van der Waals surface area contributed by atoms with E-state index in [1.165, 1.54) is 16.3 Å². The fourth-order valence-corrected chi connectivity index (χ4v) is 2.08. The number of para-hydroxylation sites is 2. The molecule has 74 valence electrons. The molecule has 0 bridgehead atoms. The molecule has 3 aromatic rings. The highest BCUT2D eigenvalue weighted by Crippen LogP contribution is 2.30. The van der Waals surface area contributed by atoms with E-state index in [0.717, 1.165) is 17.6 Å². The summed E-state index contributed by atoms with van der Waals surface area (Å²) in [6.07, 6.45) is 1.01. The van der Waals surface area contributed by atoms with Gasteiger partial charge in [-0.1, -0.05) is 43.3 Å². The molecule has 1 heteroatoms. The summed E-state index contributed by atoms with van der Waals surface area (Å²) in [5, 5.41) is 2.44. The summed E-state index contributed by atoms with van der Waals surface area (Å²) in [6, 6.07) is 14.6. The van der Waals surface area contributed by atoms with Crippen molar-refractivity contribution in [3.05, 3.63) is 48.0 Å². The Morgan fingerprint density at radius 1 is 0.933 bits per heavy atom. The van der Waals surface area contributed by atoms with Gasteiger partial charge in [-0.15, -0.1) is 0 Å². The van der Waals surface area contributed by atoms with Gasteiger partial charge in [0.25, 0.3) is 0 Å². The molecule has 0 atom stereocenters. The zero-order valence-corrected chi connectivity index (χ0v) is 8.66. The van der Waals surface area contributed by atoms with Crippen LogP contribution in [-0.2, 0) is 6.42 Å². The van der Waals surface area contributed by atoms with Gasteiger partial charge in [-0.3, -0.25) is 0 Å². The molecule has 0 unspecified atom stereocenters. The largest absolute Gasteiger partial charge is 0.456 e. The Bertz CT molecular complexity index is 619. The Morgan fingerprint density at radius 3 is 2.60 bits per heavy atom. The second-order valence-corrected chi connectivity index (χ2v) is 3.75. The lowest BCUT2D eigenvalue weighted by Crippen LogP contribution is -1.78. The number of rotatable bonds is 1. The predicted octanol–water partition coefficient (Wildman–Crippen LogP) is 4.15. The average Bonchev–Trinajstić information content (AvgIpc) is 2.67. The number of furan rings is 1. The van der Waals surface area contributed by atoms with Crippen LogP contribution in [0.25, 0.3) is 21.9 Å². The lowest BCUT2D eigenvalue weighted by Gasteiger charge is -1.95. The first-order valence-corrected chi connectivity index (χ1v) is 5.29. The van der Waals surface area contributed by atoms with Crippen molar-refractivity contribution >= 4 is 21.9 Å². The van der Waals surface area contributed by atoms with E-state index < -0.39 is 0 Å². The van der Waals surface area contributed by atoms with Crippen LogP contribution in [0, 0.1) is 0 Å². The average molecular weight is 196 g/mol. The minimum absolute atomic E-state index is 0.980. The third kappa shape index (κ3) is 1.16. The van der Waals surface area contributed by atoms with Crippen LogP contribution < -0.4 is 0 Å². The maximum absolute atomic E-state index is 5.87. The van der Waals surface area contributed by atoms with Gasteiger partial charge in [-0.05, 0) is 18.1 Å². The fraction of sp³-hybridized carbons (Fsp3) is 0.143. The molecule has 0 fully saturated rings. The van der Waals surface area contributed by atoms with Crippen molar-refractivity contribution in [2.24, 2.45) is 0 Å². The Kier molecular flexibility index (Phi) is 1.78. The molecule has 0 saturated carbocycles. The number of hydrogen-bond acceptors (Lipinski definition) is 1. The smallest absolute Gasteiger partial charge is 0.138 e. The van der Waals surface area contributed by atoms with E-state index in [-0.39, 0.29) is 0 Å². The first-order chi connectivity index (χ1) is 7.40. The molecule has 0 aliphatic rings. The van der Waals surface area contributed by atoms with E-state index in [1.807, 2.05) is 12.1 Å². The van der Waals surface area contributed by atoms with Crippen molar-refractivity contribution in [3.63, 3.8) is 0 Å². The molecule has 1 aromatic heterocycles. The highest BCUT2D eigenvalue weighted by molar-refractivity contribution is 6.05. The number of hydrogen-bond donors (Lipinski definition) is 0. The van der Waals surface area contributed by atoms with Crippen LogP contribution in [0.15, 0.2) is 46.9 Å². The maximum Gasteiger partial charge on any atom is 0.138 e. The van der Waals surface area contributed by atoms with E-state index in [2.05, 4.69) is 37.3 Å². The normalized spacial score (nSPS) is 11.3. The van der Waals surface area contributed by atoms with Crippen molar-refractivity contribution in [2.45, 2.75) is 13.3 Å². The van der Waals surface area contributed by atoms with Crippen molar-refractivity contribution in [1.82, 2.24) is 0 Å². The van der Waals surface area contributed by atoms with Crippen molar-refractivity contribution in [3.8, 4) is 0 Å². The van der Waals surface area contributed by atoms with Gasteiger partial charge in [0.2, 0.25) is 0 Å². The second kappa shape index (κ2) is 3.13. The minimum Gasteiger partial charge on any atom is -0.456 e. The van der Waals surface area contributed by atoms with Crippen LogP contribution >= 0.6 is 0 Å².